The number of nitrogens with zero attached hydrogens (tertiary/aromatic N) is 1. The van der Waals surface area contributed by atoms with E-state index in [1.807, 2.05) is 12.1 Å². The lowest BCUT2D eigenvalue weighted by Gasteiger charge is -2.52. The predicted molar refractivity (Wildman–Crippen MR) is 112 cm³/mol. The predicted octanol–water partition coefficient (Wildman–Crippen LogP) is 4.40. The van der Waals surface area contributed by atoms with E-state index in [4.69, 9.17) is 0 Å². The Hall–Kier alpha value is -1.06. The van der Waals surface area contributed by atoms with Crippen molar-refractivity contribution in [3.8, 4) is 5.75 Å². The van der Waals surface area contributed by atoms with Gasteiger partial charge in [-0.3, -0.25) is 0 Å². The Kier molecular flexibility index (Phi) is 5.28. The minimum absolute atomic E-state index is 0.436. The number of phenolic OH excluding ortho intramolecular Hbond substituents is 1. The molecule has 3 heteroatoms. The van der Waals surface area contributed by atoms with Crippen LogP contribution < -0.4 is 5.32 Å². The van der Waals surface area contributed by atoms with Crippen LogP contribution in [0.25, 0.3) is 0 Å². The van der Waals surface area contributed by atoms with Crippen LogP contribution in [0.5, 0.6) is 5.75 Å². The van der Waals surface area contributed by atoms with Gasteiger partial charge >= 0.3 is 0 Å². The van der Waals surface area contributed by atoms with Gasteiger partial charge in [0.15, 0.2) is 0 Å². The van der Waals surface area contributed by atoms with Gasteiger partial charge in [0.2, 0.25) is 0 Å². The molecule has 0 aliphatic heterocycles. The third-order valence-corrected chi connectivity index (χ3v) is 8.41. The number of hydrogen-bond donors (Lipinski definition) is 2. The Morgan fingerprint density at radius 1 is 1.22 bits per heavy atom. The topological polar surface area (TPSA) is 35.5 Å². The molecule has 0 bridgehead atoms. The number of aryl methyl sites for hydroxylation is 1. The van der Waals surface area contributed by atoms with Gasteiger partial charge in [0.1, 0.15) is 5.75 Å². The molecule has 0 amide bonds. The van der Waals surface area contributed by atoms with Gasteiger partial charge in [0.25, 0.3) is 0 Å². The highest BCUT2D eigenvalue weighted by Crippen LogP contribution is 2.63. The first-order valence-corrected chi connectivity index (χ1v) is 11.1. The Bertz CT molecular complexity index is 672. The van der Waals surface area contributed by atoms with E-state index in [1.165, 1.54) is 37.7 Å². The number of fused-ring (bicyclic) bond motifs is 5. The molecule has 0 unspecified atom stereocenters. The normalized spacial score (nSPS) is 36.2. The fourth-order valence-electron chi connectivity index (χ4n) is 7.09. The van der Waals surface area contributed by atoms with Gasteiger partial charge in [-0.05, 0) is 112 Å². The molecule has 150 valence electrons. The second-order valence-corrected chi connectivity index (χ2v) is 10.1. The zero-order valence-corrected chi connectivity index (χ0v) is 17.7. The van der Waals surface area contributed by atoms with E-state index in [-0.39, 0.29) is 0 Å². The van der Waals surface area contributed by atoms with E-state index in [2.05, 4.69) is 44.2 Å². The number of rotatable bonds is 5. The van der Waals surface area contributed by atoms with E-state index >= 15 is 0 Å². The Balaban J connectivity index is 1.49. The summed E-state index contributed by atoms with van der Waals surface area (Å²) in [6, 6.07) is 6.77. The maximum atomic E-state index is 9.87. The summed E-state index contributed by atoms with van der Waals surface area (Å²) in [4.78, 5) is 2.27. The summed E-state index contributed by atoms with van der Waals surface area (Å²) in [6.07, 6.45) is 7.97. The number of phenols is 1. The van der Waals surface area contributed by atoms with Crippen LogP contribution >= 0.6 is 0 Å². The lowest BCUT2D eigenvalue weighted by atomic mass is 9.53. The molecule has 0 saturated heterocycles. The molecule has 0 spiro atoms. The van der Waals surface area contributed by atoms with Crippen molar-refractivity contribution < 1.29 is 5.11 Å². The lowest BCUT2D eigenvalue weighted by Crippen LogP contribution is -2.48. The Morgan fingerprint density at radius 2 is 2.04 bits per heavy atom. The van der Waals surface area contributed by atoms with Crippen LogP contribution in [-0.4, -0.2) is 43.2 Å². The standard InChI is InChI=1S/C24H38N2O/c1-16(25-13-14-26(3)4)22-9-10-23-21-7-5-17-15-18(27)6-8-19(17)20(21)11-12-24(22,23)2/h6,8,15-16,20-23,25,27H,5,7,9-14H2,1-4H3/t16-,20+,21+,22+,23-,24+/m1/s1. The number of nitrogens with one attached hydrogen (secondary N) is 1. The van der Waals surface area contributed by atoms with E-state index in [0.29, 0.717) is 17.2 Å². The summed E-state index contributed by atoms with van der Waals surface area (Å²) in [5, 5.41) is 13.7. The summed E-state index contributed by atoms with van der Waals surface area (Å²) in [5.41, 5.74) is 3.46. The van der Waals surface area contributed by atoms with E-state index < -0.39 is 0 Å². The summed E-state index contributed by atoms with van der Waals surface area (Å²) in [6.45, 7) is 7.25. The summed E-state index contributed by atoms with van der Waals surface area (Å²) >= 11 is 0. The summed E-state index contributed by atoms with van der Waals surface area (Å²) in [5.74, 6) is 3.70. The highest BCUT2D eigenvalue weighted by Gasteiger charge is 2.55. The SMILES string of the molecule is C[C@@H](NCCN(C)C)[C@@H]1CC[C@@H]2[C@H]3CCc4cc(O)ccc4[C@@H]3CC[C@]21C. The van der Waals surface area contributed by atoms with Crippen LogP contribution in [0, 0.1) is 23.2 Å². The number of aromatic hydroxyl groups is 1. The third kappa shape index (κ3) is 3.42. The van der Waals surface area contributed by atoms with Crippen LogP contribution in [0.4, 0.5) is 0 Å². The first kappa shape index (κ1) is 19.3. The molecule has 3 nitrogen and oxygen atoms in total. The number of benzene rings is 1. The van der Waals surface area contributed by atoms with Crippen LogP contribution in [0.1, 0.15) is 63.0 Å². The molecule has 3 aliphatic rings. The van der Waals surface area contributed by atoms with Crippen molar-refractivity contribution in [2.75, 3.05) is 27.2 Å². The van der Waals surface area contributed by atoms with Gasteiger partial charge in [-0.1, -0.05) is 13.0 Å². The van der Waals surface area contributed by atoms with Gasteiger partial charge in [-0.25, -0.2) is 0 Å². The fraction of sp³-hybridized carbons (Fsp3) is 0.750. The second kappa shape index (κ2) is 7.40. The first-order valence-electron chi connectivity index (χ1n) is 11.1. The molecule has 27 heavy (non-hydrogen) atoms. The molecule has 1 aromatic carbocycles. The lowest BCUT2D eigenvalue weighted by molar-refractivity contribution is 0.0181. The van der Waals surface area contributed by atoms with Crippen molar-refractivity contribution in [3.63, 3.8) is 0 Å². The second-order valence-electron chi connectivity index (χ2n) is 10.1. The average molecular weight is 371 g/mol. The number of likely N-dealkylation sites (N-methyl/N-ethyl adjacent to an activating group) is 1. The highest BCUT2D eigenvalue weighted by atomic mass is 16.3. The highest BCUT2D eigenvalue weighted by molar-refractivity contribution is 5.40. The van der Waals surface area contributed by atoms with Crippen LogP contribution in [-0.2, 0) is 6.42 Å². The smallest absolute Gasteiger partial charge is 0.115 e. The molecule has 4 rings (SSSR count). The quantitative estimate of drug-likeness (QED) is 0.806. The third-order valence-electron chi connectivity index (χ3n) is 8.41. The molecule has 2 N–H and O–H groups in total. The van der Waals surface area contributed by atoms with Crippen molar-refractivity contribution in [1.29, 1.82) is 0 Å². The van der Waals surface area contributed by atoms with Gasteiger partial charge in [-0.15, -0.1) is 0 Å². The van der Waals surface area contributed by atoms with Gasteiger partial charge in [0.05, 0.1) is 0 Å². The molecule has 2 saturated carbocycles. The molecule has 0 radical (unpaired) electrons. The Labute approximate surface area is 165 Å². The van der Waals surface area contributed by atoms with Crippen molar-refractivity contribution >= 4 is 0 Å². The van der Waals surface area contributed by atoms with Crippen LogP contribution in [0.2, 0.25) is 0 Å². The molecule has 6 atom stereocenters. The zero-order chi connectivity index (χ0) is 19.2. The molecule has 2 fully saturated rings. The van der Waals surface area contributed by atoms with E-state index in [0.717, 1.165) is 43.2 Å². The van der Waals surface area contributed by atoms with E-state index in [1.54, 1.807) is 5.56 Å². The van der Waals surface area contributed by atoms with Gasteiger partial charge < -0.3 is 15.3 Å². The monoisotopic (exact) mass is 370 g/mol. The molecule has 3 aliphatic carbocycles. The molecule has 0 heterocycles. The number of hydrogen-bond acceptors (Lipinski definition) is 3. The Morgan fingerprint density at radius 3 is 2.81 bits per heavy atom. The fourth-order valence-corrected chi connectivity index (χ4v) is 7.09. The van der Waals surface area contributed by atoms with Crippen LogP contribution in [0.3, 0.4) is 0 Å². The molecular weight excluding hydrogens is 332 g/mol. The molecule has 0 aromatic heterocycles. The minimum Gasteiger partial charge on any atom is -0.508 e. The van der Waals surface area contributed by atoms with Gasteiger partial charge in [-0.2, -0.15) is 0 Å². The summed E-state index contributed by atoms with van der Waals surface area (Å²) in [7, 11) is 4.31. The molecular formula is C24H38N2O. The summed E-state index contributed by atoms with van der Waals surface area (Å²) < 4.78 is 0. The maximum Gasteiger partial charge on any atom is 0.115 e. The average Bonchev–Trinajstić information content (AvgIpc) is 2.98. The van der Waals surface area contributed by atoms with Crippen molar-refractivity contribution in [3.05, 3.63) is 29.3 Å². The molecule has 1 aromatic rings. The van der Waals surface area contributed by atoms with Crippen molar-refractivity contribution in [2.45, 2.75) is 64.3 Å². The van der Waals surface area contributed by atoms with Crippen LogP contribution in [0.15, 0.2) is 18.2 Å². The van der Waals surface area contributed by atoms with E-state index in [9.17, 15) is 5.11 Å². The first-order chi connectivity index (χ1) is 12.9. The van der Waals surface area contributed by atoms with Crippen molar-refractivity contribution in [2.24, 2.45) is 23.2 Å². The minimum atomic E-state index is 0.436. The zero-order valence-electron chi connectivity index (χ0n) is 17.7. The largest absolute Gasteiger partial charge is 0.508 e. The van der Waals surface area contributed by atoms with Crippen molar-refractivity contribution in [1.82, 2.24) is 10.2 Å². The maximum absolute atomic E-state index is 9.87. The van der Waals surface area contributed by atoms with Gasteiger partial charge in [0, 0.05) is 19.1 Å².